The molecule has 2 aliphatic carbocycles. The maximum Gasteiger partial charge on any atom is 0.414 e. The van der Waals surface area contributed by atoms with Crippen molar-refractivity contribution in [3.63, 3.8) is 0 Å². The zero-order valence-electron chi connectivity index (χ0n) is 25.3. The van der Waals surface area contributed by atoms with Crippen molar-refractivity contribution < 1.29 is 32.2 Å². The summed E-state index contributed by atoms with van der Waals surface area (Å²) in [6.45, 7) is 8.37. The molecule has 2 aromatic carbocycles. The van der Waals surface area contributed by atoms with E-state index >= 15 is 0 Å². The van der Waals surface area contributed by atoms with Crippen molar-refractivity contribution in [3.05, 3.63) is 65.7 Å². The minimum atomic E-state index is -3.47. The lowest BCUT2D eigenvalue weighted by Crippen LogP contribution is -2.46. The summed E-state index contributed by atoms with van der Waals surface area (Å²) < 4.78 is 46.3. The Hall–Kier alpha value is -2.99. The topological polar surface area (TPSA) is 132 Å². The molecular formula is C32H41N3O7S. The van der Waals surface area contributed by atoms with Crippen molar-refractivity contribution in [2.24, 2.45) is 22.7 Å². The number of amides is 2. The molecule has 2 aliphatic heterocycles. The molecule has 7 atom stereocenters. The molecule has 2 saturated carbocycles. The summed E-state index contributed by atoms with van der Waals surface area (Å²) in [6.07, 6.45) is -0.272. The number of fused-ring (bicyclic) bond motifs is 1. The molecule has 4 unspecified atom stereocenters. The second-order valence-electron chi connectivity index (χ2n) is 13.6. The quantitative estimate of drug-likeness (QED) is 0.425. The van der Waals surface area contributed by atoms with Gasteiger partial charge in [0.1, 0.15) is 17.6 Å². The minimum Gasteiger partial charge on any atom is -0.497 e. The highest BCUT2D eigenvalue weighted by atomic mass is 32.2. The number of imide groups is 1. The van der Waals surface area contributed by atoms with Crippen LogP contribution >= 0.6 is 0 Å². The van der Waals surface area contributed by atoms with Gasteiger partial charge in [-0.25, -0.2) is 17.9 Å². The van der Waals surface area contributed by atoms with Gasteiger partial charge in [0.2, 0.25) is 10.0 Å². The Bertz CT molecular complexity index is 1490. The van der Waals surface area contributed by atoms with Crippen LogP contribution < -0.4 is 20.1 Å². The molecule has 2 aromatic rings. The van der Waals surface area contributed by atoms with E-state index < -0.39 is 51.2 Å². The number of sulfonamides is 1. The highest BCUT2D eigenvalue weighted by molar-refractivity contribution is 7.90. The van der Waals surface area contributed by atoms with Gasteiger partial charge in [-0.05, 0) is 73.6 Å². The van der Waals surface area contributed by atoms with Gasteiger partial charge in [-0.15, -0.1) is 0 Å². The van der Waals surface area contributed by atoms with Crippen molar-refractivity contribution in [2.45, 2.75) is 76.2 Å². The number of ether oxygens (including phenoxy) is 3. The van der Waals surface area contributed by atoms with Gasteiger partial charge in [-0.3, -0.25) is 15.4 Å². The Balaban J connectivity index is 1.15. The predicted octanol–water partition coefficient (Wildman–Crippen LogP) is 4.20. The number of rotatable bonds is 7. The molecule has 4 aliphatic rings. The number of nitrogens with one attached hydrogen (secondary N) is 3. The molecule has 10 nitrogen and oxygen atoms in total. The number of alkyl carbamates (subject to hydrolysis) is 1. The summed E-state index contributed by atoms with van der Waals surface area (Å²) in [5, 5.41) is 5.25. The Morgan fingerprint density at radius 1 is 1.07 bits per heavy atom. The molecule has 2 heterocycles. The van der Waals surface area contributed by atoms with Gasteiger partial charge in [-0.1, -0.05) is 56.3 Å². The molecule has 1 spiro atoms. The lowest BCUT2D eigenvalue weighted by atomic mass is 9.69. The van der Waals surface area contributed by atoms with E-state index in [9.17, 15) is 18.0 Å². The van der Waals surface area contributed by atoms with Gasteiger partial charge in [0, 0.05) is 12.0 Å². The summed E-state index contributed by atoms with van der Waals surface area (Å²) in [4.78, 5) is 26.6. The van der Waals surface area contributed by atoms with Crippen molar-refractivity contribution >= 4 is 22.0 Å². The van der Waals surface area contributed by atoms with E-state index in [0.717, 1.165) is 24.0 Å². The van der Waals surface area contributed by atoms with Crippen LogP contribution in [-0.4, -0.2) is 51.0 Å². The van der Waals surface area contributed by atoms with Crippen molar-refractivity contribution in [2.75, 3.05) is 13.7 Å². The number of carbonyl (C=O) groups excluding carboxylic acids is 2. The molecule has 0 radical (unpaired) electrons. The van der Waals surface area contributed by atoms with Crippen LogP contribution in [0.25, 0.3) is 0 Å². The predicted molar refractivity (Wildman–Crippen MR) is 159 cm³/mol. The molecule has 3 N–H and O–H groups in total. The van der Waals surface area contributed by atoms with Crippen molar-refractivity contribution in [1.82, 2.24) is 15.4 Å². The lowest BCUT2D eigenvalue weighted by molar-refractivity contribution is -0.132. The molecule has 2 saturated heterocycles. The summed E-state index contributed by atoms with van der Waals surface area (Å²) in [7, 11) is -1.88. The first-order valence-electron chi connectivity index (χ1n) is 14.9. The first-order chi connectivity index (χ1) is 20.3. The third-order valence-corrected chi connectivity index (χ3v) is 12.6. The molecule has 6 rings (SSSR count). The van der Waals surface area contributed by atoms with Gasteiger partial charge < -0.3 is 14.2 Å². The van der Waals surface area contributed by atoms with E-state index in [1.54, 1.807) is 21.0 Å². The van der Waals surface area contributed by atoms with E-state index in [0.29, 0.717) is 18.7 Å². The molecule has 43 heavy (non-hydrogen) atoms. The van der Waals surface area contributed by atoms with Crippen LogP contribution in [0, 0.1) is 22.7 Å². The van der Waals surface area contributed by atoms with E-state index in [1.807, 2.05) is 54.6 Å². The molecule has 2 amide bonds. The van der Waals surface area contributed by atoms with E-state index in [4.69, 9.17) is 14.2 Å². The van der Waals surface area contributed by atoms with Gasteiger partial charge >= 0.3 is 6.09 Å². The molecule has 4 fully saturated rings. The molecule has 11 heteroatoms. The SMILES string of the molecule is COc1ccc([C@@H]2N[C@@H](c3ccccc3)[C@H](C(=O)NC(=O)OC(C)(C)CC3C4CCC5(CNS(=O)(=O)C35)C4(C)C)O2)cc1. The Kier molecular flexibility index (Phi) is 7.39. The monoisotopic (exact) mass is 611 g/mol. The zero-order chi connectivity index (χ0) is 30.8. The lowest BCUT2D eigenvalue weighted by Gasteiger charge is -2.37. The maximum absolute atomic E-state index is 13.5. The second kappa shape index (κ2) is 10.6. The van der Waals surface area contributed by atoms with Crippen LogP contribution in [-0.2, 0) is 24.3 Å². The van der Waals surface area contributed by atoms with Crippen LogP contribution in [0.3, 0.4) is 0 Å². The van der Waals surface area contributed by atoms with Crippen LogP contribution in [0.1, 0.15) is 70.4 Å². The summed E-state index contributed by atoms with van der Waals surface area (Å²) >= 11 is 0. The zero-order valence-corrected chi connectivity index (χ0v) is 26.1. The van der Waals surface area contributed by atoms with Crippen LogP contribution in [0.4, 0.5) is 4.79 Å². The highest BCUT2D eigenvalue weighted by Crippen LogP contribution is 2.71. The van der Waals surface area contributed by atoms with E-state index in [1.165, 1.54) is 0 Å². The normalized spacial score (nSPS) is 33.6. The van der Waals surface area contributed by atoms with E-state index in [-0.39, 0.29) is 22.7 Å². The average Bonchev–Trinajstić information content (AvgIpc) is 3.64. The van der Waals surface area contributed by atoms with Gasteiger partial charge in [0.25, 0.3) is 5.91 Å². The molecule has 232 valence electrons. The van der Waals surface area contributed by atoms with Gasteiger partial charge in [-0.2, -0.15) is 0 Å². The van der Waals surface area contributed by atoms with E-state index in [2.05, 4.69) is 29.2 Å². The number of methoxy groups -OCH3 is 1. The van der Waals surface area contributed by atoms with Gasteiger partial charge in [0.05, 0.1) is 18.4 Å². The highest BCUT2D eigenvalue weighted by Gasteiger charge is 2.74. The third kappa shape index (κ3) is 5.04. The number of hydrogen-bond donors (Lipinski definition) is 3. The molecule has 2 bridgehead atoms. The average molecular weight is 612 g/mol. The fraction of sp³-hybridized carbons (Fsp3) is 0.562. The van der Waals surface area contributed by atoms with Crippen LogP contribution in [0.5, 0.6) is 5.75 Å². The van der Waals surface area contributed by atoms with Crippen molar-refractivity contribution in [3.8, 4) is 5.75 Å². The number of benzene rings is 2. The first-order valence-corrected chi connectivity index (χ1v) is 16.5. The third-order valence-electron chi connectivity index (χ3n) is 10.6. The fourth-order valence-corrected chi connectivity index (χ4v) is 11.0. The van der Waals surface area contributed by atoms with Crippen LogP contribution in [0.15, 0.2) is 54.6 Å². The summed E-state index contributed by atoms with van der Waals surface area (Å²) in [5.74, 6) is 0.131. The Morgan fingerprint density at radius 2 is 1.77 bits per heavy atom. The summed E-state index contributed by atoms with van der Waals surface area (Å²) in [6, 6.07) is 16.3. The van der Waals surface area contributed by atoms with Crippen LogP contribution in [0.2, 0.25) is 0 Å². The summed E-state index contributed by atoms with van der Waals surface area (Å²) in [5.41, 5.74) is 0.186. The smallest absolute Gasteiger partial charge is 0.414 e. The van der Waals surface area contributed by atoms with Crippen molar-refractivity contribution in [1.29, 1.82) is 0 Å². The molecular weight excluding hydrogens is 570 g/mol. The molecule has 0 aromatic heterocycles. The van der Waals surface area contributed by atoms with Gasteiger partial charge in [0.15, 0.2) is 6.10 Å². The standard InChI is InChI=1S/C32H41N3O7S/c1-30(2,17-22-23-15-16-32(31(23,3)4)18-33-43(38,39)26(22)32)42-29(37)35-27(36)25-24(19-9-7-6-8-10-19)34-28(41-25)20-11-13-21(40-5)14-12-20/h6-14,22-26,28,33-34H,15-18H2,1-5H3,(H,35,36,37)/t22?,23?,24-,25+,26?,28+,32?/m0/s1. The number of hydrogen-bond acceptors (Lipinski definition) is 8. The second-order valence-corrected chi connectivity index (χ2v) is 15.5. The largest absolute Gasteiger partial charge is 0.497 e. The maximum atomic E-state index is 13.5. The Morgan fingerprint density at radius 3 is 2.44 bits per heavy atom. The Labute approximate surface area is 253 Å². The number of carbonyl (C=O) groups is 2. The fourth-order valence-electron chi connectivity index (χ4n) is 8.53. The minimum absolute atomic E-state index is 0.146. The first kappa shape index (κ1) is 30.1.